The van der Waals surface area contributed by atoms with Crippen molar-refractivity contribution in [3.05, 3.63) is 62.8 Å². The molecule has 4 rings (SSSR count). The molecule has 158 valence electrons. The van der Waals surface area contributed by atoms with Crippen LogP contribution in [0, 0.1) is 0 Å². The van der Waals surface area contributed by atoms with Gasteiger partial charge in [0.25, 0.3) is 5.56 Å². The first-order valence-electron chi connectivity index (χ1n) is 9.86. The van der Waals surface area contributed by atoms with Crippen molar-refractivity contribution >= 4 is 16.6 Å². The van der Waals surface area contributed by atoms with Gasteiger partial charge < -0.3 is 19.9 Å². The first-order valence-corrected chi connectivity index (χ1v) is 9.86. The molecule has 1 aliphatic rings. The van der Waals surface area contributed by atoms with Crippen LogP contribution in [-0.2, 0) is 11.3 Å². The Hall–Kier alpha value is -3.26. The number of aromatic nitrogens is 2. The van der Waals surface area contributed by atoms with Crippen molar-refractivity contribution in [1.82, 2.24) is 9.13 Å². The lowest BCUT2D eigenvalue weighted by atomic mass is 10.1. The molecule has 8 nitrogen and oxygen atoms in total. The molecule has 0 amide bonds. The highest BCUT2D eigenvalue weighted by Gasteiger charge is 2.22. The van der Waals surface area contributed by atoms with Crippen molar-refractivity contribution in [1.29, 1.82) is 0 Å². The summed E-state index contributed by atoms with van der Waals surface area (Å²) in [5.41, 5.74) is 7.10. The van der Waals surface area contributed by atoms with Gasteiger partial charge in [-0.25, -0.2) is 4.79 Å². The summed E-state index contributed by atoms with van der Waals surface area (Å²) in [5, 5.41) is 0.432. The van der Waals surface area contributed by atoms with E-state index < -0.39 is 0 Å². The van der Waals surface area contributed by atoms with Gasteiger partial charge in [-0.05, 0) is 48.7 Å². The lowest BCUT2D eigenvalue weighted by Crippen LogP contribution is -2.42. The van der Waals surface area contributed by atoms with Gasteiger partial charge in [0.15, 0.2) is 11.5 Å². The number of anilines is 1. The fraction of sp³-hybridized carbons (Fsp3) is 0.364. The highest BCUT2D eigenvalue weighted by atomic mass is 16.5. The Kier molecular flexibility index (Phi) is 5.50. The highest BCUT2D eigenvalue weighted by molar-refractivity contribution is 5.81. The van der Waals surface area contributed by atoms with Crippen molar-refractivity contribution < 1.29 is 14.2 Å². The summed E-state index contributed by atoms with van der Waals surface area (Å²) < 4.78 is 19.1. The quantitative estimate of drug-likeness (QED) is 0.646. The zero-order valence-corrected chi connectivity index (χ0v) is 17.1. The summed E-state index contributed by atoms with van der Waals surface area (Å²) in [4.78, 5) is 26.7. The minimum atomic E-state index is -0.361. The van der Waals surface area contributed by atoms with Crippen LogP contribution >= 0.6 is 0 Å². The van der Waals surface area contributed by atoms with Crippen LogP contribution in [0.4, 0.5) is 5.69 Å². The first kappa shape index (κ1) is 20.0. The summed E-state index contributed by atoms with van der Waals surface area (Å²) in [5.74, 6) is 1.12. The topological polar surface area (TPSA) is 97.7 Å². The van der Waals surface area contributed by atoms with Crippen LogP contribution in [0.2, 0.25) is 0 Å². The second kappa shape index (κ2) is 8.23. The van der Waals surface area contributed by atoms with Crippen molar-refractivity contribution in [3.8, 4) is 11.5 Å². The van der Waals surface area contributed by atoms with Crippen LogP contribution in [0.5, 0.6) is 11.5 Å². The number of rotatable bonds is 5. The fourth-order valence-corrected chi connectivity index (χ4v) is 4.00. The maximum absolute atomic E-state index is 13.5. The molecular weight excluding hydrogens is 386 g/mol. The number of hydrogen-bond donors (Lipinski definition) is 1. The predicted molar refractivity (Wildman–Crippen MR) is 115 cm³/mol. The van der Waals surface area contributed by atoms with Crippen molar-refractivity contribution in [3.63, 3.8) is 0 Å². The molecule has 30 heavy (non-hydrogen) atoms. The summed E-state index contributed by atoms with van der Waals surface area (Å²) >= 11 is 0. The Labute approximate surface area is 173 Å². The molecule has 2 N–H and O–H groups in total. The monoisotopic (exact) mass is 411 g/mol. The molecule has 0 spiro atoms. The molecule has 0 bridgehead atoms. The lowest BCUT2D eigenvalue weighted by molar-refractivity contribution is 0.0691. The van der Waals surface area contributed by atoms with Crippen molar-refractivity contribution in [2.45, 2.75) is 25.4 Å². The molecule has 2 heterocycles. The van der Waals surface area contributed by atoms with Gasteiger partial charge in [0.05, 0.1) is 31.7 Å². The minimum absolute atomic E-state index is 0.0328. The van der Waals surface area contributed by atoms with E-state index in [4.69, 9.17) is 19.9 Å². The zero-order chi connectivity index (χ0) is 21.3. The normalized spacial score (nSPS) is 14.7. The van der Waals surface area contributed by atoms with E-state index in [-0.39, 0.29) is 23.8 Å². The average molecular weight is 411 g/mol. The number of hydrogen-bond acceptors (Lipinski definition) is 6. The minimum Gasteiger partial charge on any atom is -0.493 e. The van der Waals surface area contributed by atoms with Crippen LogP contribution in [0.3, 0.4) is 0 Å². The van der Waals surface area contributed by atoms with Crippen LogP contribution in [0.15, 0.2) is 46.0 Å². The van der Waals surface area contributed by atoms with Crippen LogP contribution in [-0.4, -0.2) is 36.6 Å². The molecule has 3 aromatic rings. The summed E-state index contributed by atoms with van der Waals surface area (Å²) in [6.45, 7) is 1.29. The number of methoxy groups -OCH3 is 2. The average Bonchev–Trinajstić information content (AvgIpc) is 2.77. The molecule has 0 atom stereocenters. The molecule has 2 aromatic carbocycles. The second-order valence-electron chi connectivity index (χ2n) is 7.35. The van der Waals surface area contributed by atoms with E-state index in [1.807, 2.05) is 6.07 Å². The Balaban J connectivity index is 1.89. The van der Waals surface area contributed by atoms with Gasteiger partial charge in [-0.1, -0.05) is 6.07 Å². The van der Waals surface area contributed by atoms with Gasteiger partial charge in [-0.2, -0.15) is 0 Å². The number of nitrogens with zero attached hydrogens (tertiary/aromatic N) is 2. The lowest BCUT2D eigenvalue weighted by Gasteiger charge is -2.26. The standard InChI is InChI=1S/C22H25N3O5/c1-28-19-6-3-14(11-20(19)29-2)13-24-21(26)17-12-15(23)4-5-18(17)25(22(24)27)16-7-9-30-10-8-16/h3-6,11-12,16H,7-10,13,23H2,1-2H3. The molecule has 8 heteroatoms. The van der Waals surface area contributed by atoms with Gasteiger partial charge in [-0.15, -0.1) is 0 Å². The third kappa shape index (κ3) is 3.54. The molecule has 0 saturated carbocycles. The smallest absolute Gasteiger partial charge is 0.332 e. The van der Waals surface area contributed by atoms with Crippen molar-refractivity contribution in [2.75, 3.05) is 33.2 Å². The molecule has 0 radical (unpaired) electrons. The van der Waals surface area contributed by atoms with E-state index in [2.05, 4.69) is 0 Å². The van der Waals surface area contributed by atoms with Gasteiger partial charge in [0.1, 0.15) is 0 Å². The van der Waals surface area contributed by atoms with Gasteiger partial charge in [0.2, 0.25) is 0 Å². The molecular formula is C22H25N3O5. The Morgan fingerprint density at radius 2 is 1.77 bits per heavy atom. The van der Waals surface area contributed by atoms with Crippen molar-refractivity contribution in [2.24, 2.45) is 0 Å². The number of fused-ring (bicyclic) bond motifs is 1. The zero-order valence-electron chi connectivity index (χ0n) is 17.1. The first-order chi connectivity index (χ1) is 14.5. The van der Waals surface area contributed by atoms with Gasteiger partial charge >= 0.3 is 5.69 Å². The number of nitrogen functional groups attached to an aromatic ring is 1. The molecule has 1 aliphatic heterocycles. The van der Waals surface area contributed by atoms with Gasteiger partial charge in [-0.3, -0.25) is 13.9 Å². The molecule has 0 unspecified atom stereocenters. The Morgan fingerprint density at radius 3 is 2.47 bits per heavy atom. The largest absolute Gasteiger partial charge is 0.493 e. The van der Waals surface area contributed by atoms with Crippen LogP contribution in [0.25, 0.3) is 10.9 Å². The number of ether oxygens (including phenoxy) is 3. The molecule has 1 saturated heterocycles. The number of nitrogens with two attached hydrogens (primary N) is 1. The second-order valence-corrected chi connectivity index (χ2v) is 7.35. The summed E-state index contributed by atoms with van der Waals surface area (Å²) in [7, 11) is 3.10. The van der Waals surface area contributed by atoms with Crippen LogP contribution in [0.1, 0.15) is 24.4 Å². The molecule has 0 aliphatic carbocycles. The van der Waals surface area contributed by atoms with E-state index in [1.165, 1.54) is 4.57 Å². The predicted octanol–water partition coefficient (Wildman–Crippen LogP) is 2.16. The number of benzene rings is 2. The SMILES string of the molecule is COc1ccc(Cn2c(=O)c3cc(N)ccc3n(C3CCOCC3)c2=O)cc1OC. The van der Waals surface area contributed by atoms with E-state index in [1.54, 1.807) is 49.1 Å². The van der Waals surface area contributed by atoms with Gasteiger partial charge in [0, 0.05) is 24.9 Å². The van der Waals surface area contributed by atoms with E-state index in [0.29, 0.717) is 54.1 Å². The van der Waals surface area contributed by atoms with E-state index >= 15 is 0 Å². The fourth-order valence-electron chi connectivity index (χ4n) is 4.00. The van der Waals surface area contributed by atoms with E-state index in [0.717, 1.165) is 5.56 Å². The highest BCUT2D eigenvalue weighted by Crippen LogP contribution is 2.28. The maximum atomic E-state index is 13.5. The third-order valence-electron chi connectivity index (χ3n) is 5.54. The Bertz CT molecular complexity index is 1190. The molecule has 1 fully saturated rings. The maximum Gasteiger partial charge on any atom is 0.332 e. The Morgan fingerprint density at radius 1 is 1.03 bits per heavy atom. The van der Waals surface area contributed by atoms with Crippen LogP contribution < -0.4 is 26.5 Å². The molecule has 1 aromatic heterocycles. The summed E-state index contributed by atoms with van der Waals surface area (Å²) in [6, 6.07) is 10.4. The summed E-state index contributed by atoms with van der Waals surface area (Å²) in [6.07, 6.45) is 1.43. The third-order valence-corrected chi connectivity index (χ3v) is 5.54. The van der Waals surface area contributed by atoms with E-state index in [9.17, 15) is 9.59 Å².